The van der Waals surface area contributed by atoms with Crippen molar-refractivity contribution in [3.63, 3.8) is 0 Å². The number of fused-ring (bicyclic) bond motifs is 1. The molecule has 1 aliphatic heterocycles. The van der Waals surface area contributed by atoms with E-state index in [-0.39, 0.29) is 35.1 Å². The molecule has 2 heterocycles. The highest BCUT2D eigenvalue weighted by Gasteiger charge is 2.61. The van der Waals surface area contributed by atoms with E-state index in [1.165, 1.54) is 23.0 Å². The Morgan fingerprint density at radius 3 is 3.12 bits per heavy atom. The highest BCUT2D eigenvalue weighted by molar-refractivity contribution is 5.87. The summed E-state index contributed by atoms with van der Waals surface area (Å²) in [6, 6.07) is 6.24. The molecular formula is C18H20FN3O3. The van der Waals surface area contributed by atoms with Crippen molar-refractivity contribution < 1.29 is 18.7 Å². The lowest BCUT2D eigenvalue weighted by atomic mass is 9.59. The van der Waals surface area contributed by atoms with Crippen LogP contribution in [0.25, 0.3) is 0 Å². The monoisotopic (exact) mass is 345 g/mol. The van der Waals surface area contributed by atoms with Gasteiger partial charge in [-0.15, -0.1) is 5.10 Å². The number of aromatic nitrogens is 3. The van der Waals surface area contributed by atoms with Crippen LogP contribution in [0.5, 0.6) is 0 Å². The van der Waals surface area contributed by atoms with Crippen LogP contribution < -0.4 is 0 Å². The first-order valence-corrected chi connectivity index (χ1v) is 8.42. The Morgan fingerprint density at radius 1 is 1.48 bits per heavy atom. The molecule has 2 aromatic rings. The predicted molar refractivity (Wildman–Crippen MR) is 86.4 cm³/mol. The summed E-state index contributed by atoms with van der Waals surface area (Å²) >= 11 is 0. The van der Waals surface area contributed by atoms with Crippen LogP contribution in [0.2, 0.25) is 0 Å². The van der Waals surface area contributed by atoms with E-state index >= 15 is 0 Å². The van der Waals surface area contributed by atoms with Crippen LogP contribution in [0.15, 0.2) is 30.5 Å². The lowest BCUT2D eigenvalue weighted by Crippen LogP contribution is -2.61. The van der Waals surface area contributed by atoms with Crippen molar-refractivity contribution in [1.29, 1.82) is 0 Å². The second-order valence-corrected chi connectivity index (χ2v) is 7.32. The summed E-state index contributed by atoms with van der Waals surface area (Å²) in [5, 5.41) is 7.83. The Kier molecular flexibility index (Phi) is 3.83. The molecule has 0 N–H and O–H groups in total. The molecule has 1 saturated carbocycles. The largest absolute Gasteiger partial charge is 0.456 e. The zero-order chi connectivity index (χ0) is 17.6. The molecule has 2 aliphatic rings. The van der Waals surface area contributed by atoms with Gasteiger partial charge >= 0.3 is 5.97 Å². The number of rotatable bonds is 4. The van der Waals surface area contributed by atoms with Crippen LogP contribution in [0.3, 0.4) is 0 Å². The smallest absolute Gasteiger partial charge is 0.360 e. The number of carbonyl (C=O) groups is 1. The molecule has 0 amide bonds. The average Bonchev–Trinajstić information content (AvgIpc) is 3.20. The zero-order valence-electron chi connectivity index (χ0n) is 14.2. The molecule has 0 unspecified atom stereocenters. The molecule has 0 spiro atoms. The predicted octanol–water partition coefficient (Wildman–Crippen LogP) is 2.44. The minimum absolute atomic E-state index is 0.161. The van der Waals surface area contributed by atoms with E-state index in [0.717, 1.165) is 18.6 Å². The Bertz CT molecular complexity index is 804. The second-order valence-electron chi connectivity index (χ2n) is 7.32. The maximum atomic E-state index is 13.2. The van der Waals surface area contributed by atoms with Crippen LogP contribution >= 0.6 is 0 Å². The molecule has 2 fully saturated rings. The first-order chi connectivity index (χ1) is 11.9. The Hall–Kier alpha value is -2.28. The fourth-order valence-electron chi connectivity index (χ4n) is 3.98. The second kappa shape index (κ2) is 5.91. The Morgan fingerprint density at radius 2 is 2.32 bits per heavy atom. The van der Waals surface area contributed by atoms with E-state index in [4.69, 9.17) is 9.47 Å². The van der Waals surface area contributed by atoms with E-state index in [2.05, 4.69) is 24.2 Å². The van der Waals surface area contributed by atoms with Crippen molar-refractivity contribution in [3.05, 3.63) is 47.5 Å². The zero-order valence-corrected chi connectivity index (χ0v) is 14.2. The number of nitrogens with zero attached hydrogens (tertiary/aromatic N) is 3. The highest BCUT2D eigenvalue weighted by Crippen LogP contribution is 2.53. The van der Waals surface area contributed by atoms with E-state index in [9.17, 15) is 9.18 Å². The summed E-state index contributed by atoms with van der Waals surface area (Å²) < 4.78 is 26.1. The van der Waals surface area contributed by atoms with E-state index < -0.39 is 5.97 Å². The number of halogens is 1. The molecule has 1 saturated heterocycles. The van der Waals surface area contributed by atoms with E-state index in [0.29, 0.717) is 6.54 Å². The lowest BCUT2D eigenvalue weighted by Gasteiger charge is -2.52. The van der Waals surface area contributed by atoms with Gasteiger partial charge in [0.25, 0.3) is 0 Å². The molecule has 0 bridgehead atoms. The van der Waals surface area contributed by atoms with Crippen LogP contribution in [-0.2, 0) is 16.0 Å². The number of carbonyl (C=O) groups excluding carboxylic acids is 1. The first kappa shape index (κ1) is 16.2. The number of benzene rings is 1. The minimum atomic E-state index is -0.478. The van der Waals surface area contributed by atoms with Gasteiger partial charge in [-0.25, -0.2) is 13.9 Å². The molecule has 6 nitrogen and oxygen atoms in total. The standard InChI is InChI=1S/C18H20FN3O3/c1-18(2)15-13(6-7-24-15)16(18)25-17(23)14-10-22(21-20-14)9-11-4-3-5-12(19)8-11/h3-5,8,10,13,15-16H,6-7,9H2,1-2H3/t13-,15+,16+/m0/s1. The summed E-state index contributed by atoms with van der Waals surface area (Å²) in [4.78, 5) is 12.4. The maximum Gasteiger partial charge on any atom is 0.360 e. The molecule has 4 rings (SSSR count). The van der Waals surface area contributed by atoms with Gasteiger partial charge in [0, 0.05) is 17.9 Å². The Labute approximate surface area is 144 Å². The number of esters is 1. The normalized spacial score (nSPS) is 26.8. The van der Waals surface area contributed by atoms with Crippen LogP contribution in [0, 0.1) is 17.2 Å². The van der Waals surface area contributed by atoms with Crippen molar-refractivity contribution in [2.24, 2.45) is 11.3 Å². The van der Waals surface area contributed by atoms with Crippen LogP contribution in [-0.4, -0.2) is 39.8 Å². The van der Waals surface area contributed by atoms with Crippen LogP contribution in [0.1, 0.15) is 36.3 Å². The summed E-state index contributed by atoms with van der Waals surface area (Å²) in [6.45, 7) is 5.17. The fourth-order valence-corrected chi connectivity index (χ4v) is 3.98. The van der Waals surface area contributed by atoms with Gasteiger partial charge in [-0.1, -0.05) is 31.2 Å². The summed E-state index contributed by atoms with van der Waals surface area (Å²) in [5.41, 5.74) is 0.722. The van der Waals surface area contributed by atoms with Gasteiger partial charge in [0.05, 0.1) is 18.8 Å². The number of ether oxygens (including phenoxy) is 2. The summed E-state index contributed by atoms with van der Waals surface area (Å²) in [7, 11) is 0. The number of hydrogen-bond acceptors (Lipinski definition) is 5. The van der Waals surface area contributed by atoms with E-state index in [1.54, 1.807) is 12.1 Å². The molecule has 1 aromatic carbocycles. The van der Waals surface area contributed by atoms with Gasteiger partial charge in [-0.05, 0) is 24.1 Å². The van der Waals surface area contributed by atoms with Crippen LogP contribution in [0.4, 0.5) is 4.39 Å². The van der Waals surface area contributed by atoms with Crippen molar-refractivity contribution in [3.8, 4) is 0 Å². The lowest BCUT2D eigenvalue weighted by molar-refractivity contribution is -0.183. The third-order valence-corrected chi connectivity index (χ3v) is 5.21. The third-order valence-electron chi connectivity index (χ3n) is 5.21. The molecule has 25 heavy (non-hydrogen) atoms. The molecular weight excluding hydrogens is 325 g/mol. The topological polar surface area (TPSA) is 66.2 Å². The van der Waals surface area contributed by atoms with Crippen molar-refractivity contribution >= 4 is 5.97 Å². The van der Waals surface area contributed by atoms with Gasteiger partial charge < -0.3 is 9.47 Å². The van der Waals surface area contributed by atoms with Gasteiger partial charge in [-0.3, -0.25) is 0 Å². The third kappa shape index (κ3) is 2.82. The molecule has 1 aliphatic carbocycles. The van der Waals surface area contributed by atoms with Gasteiger partial charge in [0.2, 0.25) is 0 Å². The summed E-state index contributed by atoms with van der Waals surface area (Å²) in [6.07, 6.45) is 2.44. The average molecular weight is 345 g/mol. The van der Waals surface area contributed by atoms with Crippen molar-refractivity contribution in [2.75, 3.05) is 6.61 Å². The quantitative estimate of drug-likeness (QED) is 0.796. The van der Waals surface area contributed by atoms with Gasteiger partial charge in [0.1, 0.15) is 11.9 Å². The molecule has 0 radical (unpaired) electrons. The van der Waals surface area contributed by atoms with Gasteiger partial charge in [0.15, 0.2) is 5.69 Å². The van der Waals surface area contributed by atoms with Gasteiger partial charge in [-0.2, -0.15) is 0 Å². The van der Waals surface area contributed by atoms with Crippen molar-refractivity contribution in [2.45, 2.75) is 39.0 Å². The molecule has 132 valence electrons. The Balaban J connectivity index is 1.42. The SMILES string of the molecule is CC1(C)[C@@H]2OCC[C@@H]2[C@H]1OC(=O)c1cn(Cc2cccc(F)c2)nn1. The van der Waals surface area contributed by atoms with E-state index in [1.807, 2.05) is 0 Å². The first-order valence-electron chi connectivity index (χ1n) is 8.42. The molecule has 3 atom stereocenters. The summed E-state index contributed by atoms with van der Waals surface area (Å²) in [5.74, 6) is -0.520. The molecule has 7 heteroatoms. The minimum Gasteiger partial charge on any atom is -0.456 e. The maximum absolute atomic E-state index is 13.2. The number of hydrogen-bond donors (Lipinski definition) is 0. The molecule has 1 aromatic heterocycles. The highest BCUT2D eigenvalue weighted by atomic mass is 19.1. The fraction of sp³-hybridized carbons (Fsp3) is 0.500. The van der Waals surface area contributed by atoms with Crippen molar-refractivity contribution in [1.82, 2.24) is 15.0 Å².